The van der Waals surface area contributed by atoms with Gasteiger partial charge < -0.3 is 5.43 Å². The molecule has 0 saturated heterocycles. The van der Waals surface area contributed by atoms with Crippen molar-refractivity contribution >= 4 is 26.7 Å². The van der Waals surface area contributed by atoms with E-state index in [9.17, 15) is 0 Å². The predicted octanol–water partition coefficient (Wildman–Crippen LogP) is 3.92. The van der Waals surface area contributed by atoms with Crippen molar-refractivity contribution in [2.75, 3.05) is 5.43 Å². The number of hydrogen-bond donors (Lipinski definition) is 2. The van der Waals surface area contributed by atoms with Crippen LogP contribution >= 0.6 is 11.3 Å². The molecule has 1 atom stereocenters. The summed E-state index contributed by atoms with van der Waals surface area (Å²) in [5.74, 6) is 0.679. The molecule has 1 aliphatic rings. The fourth-order valence-electron chi connectivity index (χ4n) is 2.29. The highest BCUT2D eigenvalue weighted by molar-refractivity contribution is 7.22. The van der Waals surface area contributed by atoms with Crippen LogP contribution in [0.2, 0.25) is 0 Å². The van der Waals surface area contributed by atoms with Gasteiger partial charge in [-0.25, -0.2) is 4.98 Å². The molecule has 94 valence electrons. The Labute approximate surface area is 111 Å². The van der Waals surface area contributed by atoms with Gasteiger partial charge in [-0.1, -0.05) is 36.5 Å². The van der Waals surface area contributed by atoms with Crippen molar-refractivity contribution in [3.05, 3.63) is 36.0 Å². The standard InChI is InChI=1S/C14H17N3S/c1-10-5-4-6-11(9-10)16-17-14-15-12-7-2-3-8-13(12)18-14/h2-3,7-10,16H,4-6H2,1H3,(H,15,17)/t10-/m0/s1. The smallest absolute Gasteiger partial charge is 0.202 e. The molecule has 0 radical (unpaired) electrons. The summed E-state index contributed by atoms with van der Waals surface area (Å²) in [6.45, 7) is 2.26. The quantitative estimate of drug-likeness (QED) is 0.820. The van der Waals surface area contributed by atoms with Crippen molar-refractivity contribution in [2.24, 2.45) is 5.92 Å². The van der Waals surface area contributed by atoms with Gasteiger partial charge >= 0.3 is 0 Å². The van der Waals surface area contributed by atoms with Crippen molar-refractivity contribution in [1.82, 2.24) is 10.4 Å². The minimum atomic E-state index is 0.679. The maximum absolute atomic E-state index is 4.53. The van der Waals surface area contributed by atoms with Gasteiger partial charge in [0.15, 0.2) is 0 Å². The summed E-state index contributed by atoms with van der Waals surface area (Å²) < 4.78 is 1.22. The number of para-hydroxylation sites is 1. The van der Waals surface area contributed by atoms with E-state index in [1.165, 1.54) is 23.2 Å². The van der Waals surface area contributed by atoms with E-state index in [2.05, 4.69) is 34.9 Å². The van der Waals surface area contributed by atoms with E-state index in [-0.39, 0.29) is 0 Å². The minimum absolute atomic E-state index is 0.679. The predicted molar refractivity (Wildman–Crippen MR) is 77.5 cm³/mol. The van der Waals surface area contributed by atoms with Crippen LogP contribution in [0, 0.1) is 5.92 Å². The fourth-order valence-corrected chi connectivity index (χ4v) is 3.11. The molecule has 1 aromatic carbocycles. The van der Waals surface area contributed by atoms with E-state index in [0.717, 1.165) is 17.1 Å². The maximum Gasteiger partial charge on any atom is 0.202 e. The van der Waals surface area contributed by atoms with E-state index < -0.39 is 0 Å². The van der Waals surface area contributed by atoms with Gasteiger partial charge in [-0.15, -0.1) is 0 Å². The number of nitrogens with one attached hydrogen (secondary N) is 2. The SMILES string of the molecule is C[C@@H]1C=C(NNc2nc3ccccc3s2)CCC1. The van der Waals surface area contributed by atoms with Gasteiger partial charge in [0.25, 0.3) is 0 Å². The van der Waals surface area contributed by atoms with Crippen LogP contribution in [0.4, 0.5) is 5.13 Å². The lowest BCUT2D eigenvalue weighted by Crippen LogP contribution is -2.23. The molecule has 0 aliphatic heterocycles. The largest absolute Gasteiger partial charge is 0.303 e. The number of nitrogens with zero attached hydrogens (tertiary/aromatic N) is 1. The molecule has 1 aromatic heterocycles. The van der Waals surface area contributed by atoms with Crippen LogP contribution in [0.5, 0.6) is 0 Å². The van der Waals surface area contributed by atoms with Crippen molar-refractivity contribution in [3.63, 3.8) is 0 Å². The average molecular weight is 259 g/mol. The van der Waals surface area contributed by atoms with Crippen molar-refractivity contribution in [2.45, 2.75) is 26.2 Å². The third-order valence-electron chi connectivity index (χ3n) is 3.22. The van der Waals surface area contributed by atoms with Gasteiger partial charge in [0.2, 0.25) is 5.13 Å². The van der Waals surface area contributed by atoms with Gasteiger partial charge in [0.1, 0.15) is 0 Å². The van der Waals surface area contributed by atoms with Crippen molar-refractivity contribution in [3.8, 4) is 0 Å². The molecule has 1 heterocycles. The lowest BCUT2D eigenvalue weighted by Gasteiger charge is -2.19. The molecule has 0 unspecified atom stereocenters. The molecule has 0 bridgehead atoms. The number of rotatable bonds is 3. The maximum atomic E-state index is 4.53. The molecule has 0 spiro atoms. The molecule has 2 N–H and O–H groups in total. The number of aromatic nitrogens is 1. The van der Waals surface area contributed by atoms with Crippen LogP contribution in [-0.4, -0.2) is 4.98 Å². The van der Waals surface area contributed by atoms with Gasteiger partial charge in [-0.05, 0) is 37.3 Å². The Hall–Kier alpha value is -1.55. The molecule has 1 aliphatic carbocycles. The molecule has 0 fully saturated rings. The third kappa shape index (κ3) is 2.48. The van der Waals surface area contributed by atoms with E-state index in [4.69, 9.17) is 0 Å². The molecule has 0 amide bonds. The van der Waals surface area contributed by atoms with Crippen LogP contribution in [-0.2, 0) is 0 Å². The first-order chi connectivity index (χ1) is 8.81. The third-order valence-corrected chi connectivity index (χ3v) is 4.17. The highest BCUT2D eigenvalue weighted by Crippen LogP contribution is 2.25. The van der Waals surface area contributed by atoms with Gasteiger partial charge in [0, 0.05) is 5.70 Å². The number of benzene rings is 1. The molecule has 2 aromatic rings. The molecular formula is C14H17N3S. The van der Waals surface area contributed by atoms with Crippen LogP contribution in [0.15, 0.2) is 36.0 Å². The summed E-state index contributed by atoms with van der Waals surface area (Å²) in [6, 6.07) is 8.20. The Morgan fingerprint density at radius 2 is 2.17 bits per heavy atom. The molecule has 4 heteroatoms. The number of hydrogen-bond acceptors (Lipinski definition) is 4. The Morgan fingerprint density at radius 1 is 1.28 bits per heavy atom. The molecule has 3 nitrogen and oxygen atoms in total. The number of allylic oxidation sites excluding steroid dienone is 2. The first-order valence-electron chi connectivity index (χ1n) is 6.39. The zero-order valence-corrected chi connectivity index (χ0v) is 11.3. The van der Waals surface area contributed by atoms with E-state index in [1.54, 1.807) is 11.3 Å². The normalized spacial score (nSPS) is 19.6. The zero-order chi connectivity index (χ0) is 12.4. The lowest BCUT2D eigenvalue weighted by atomic mass is 9.96. The number of thiazole rings is 1. The topological polar surface area (TPSA) is 37.0 Å². The van der Waals surface area contributed by atoms with Crippen LogP contribution < -0.4 is 10.9 Å². The second-order valence-electron chi connectivity index (χ2n) is 4.80. The molecule has 3 rings (SSSR count). The van der Waals surface area contributed by atoms with Gasteiger partial charge in [-0.3, -0.25) is 5.43 Å². The second-order valence-corrected chi connectivity index (χ2v) is 5.83. The molecular weight excluding hydrogens is 242 g/mol. The van der Waals surface area contributed by atoms with Gasteiger partial charge in [-0.2, -0.15) is 0 Å². The van der Waals surface area contributed by atoms with E-state index in [1.807, 2.05) is 18.2 Å². The Kier molecular flexibility index (Phi) is 3.19. The molecule has 18 heavy (non-hydrogen) atoms. The summed E-state index contributed by atoms with van der Waals surface area (Å²) in [7, 11) is 0. The van der Waals surface area contributed by atoms with Gasteiger partial charge in [0.05, 0.1) is 10.2 Å². The summed E-state index contributed by atoms with van der Waals surface area (Å²) >= 11 is 1.67. The monoisotopic (exact) mass is 259 g/mol. The highest BCUT2D eigenvalue weighted by Gasteiger charge is 2.09. The molecule has 0 saturated carbocycles. The lowest BCUT2D eigenvalue weighted by molar-refractivity contribution is 0.551. The van der Waals surface area contributed by atoms with E-state index in [0.29, 0.717) is 5.92 Å². The average Bonchev–Trinajstić information content (AvgIpc) is 2.79. The summed E-state index contributed by atoms with van der Waals surface area (Å²) in [6.07, 6.45) is 6.00. The summed E-state index contributed by atoms with van der Waals surface area (Å²) in [5, 5.41) is 0.926. The highest BCUT2D eigenvalue weighted by atomic mass is 32.1. The minimum Gasteiger partial charge on any atom is -0.303 e. The number of hydrazine groups is 1. The Balaban J connectivity index is 1.69. The fraction of sp³-hybridized carbons (Fsp3) is 0.357. The number of anilines is 1. The zero-order valence-electron chi connectivity index (χ0n) is 10.4. The summed E-state index contributed by atoms with van der Waals surface area (Å²) in [5.41, 5.74) is 8.84. The summed E-state index contributed by atoms with van der Waals surface area (Å²) in [4.78, 5) is 4.53. The first-order valence-corrected chi connectivity index (χ1v) is 7.21. The van der Waals surface area contributed by atoms with E-state index >= 15 is 0 Å². The number of fused-ring (bicyclic) bond motifs is 1. The van der Waals surface area contributed by atoms with Crippen LogP contribution in [0.25, 0.3) is 10.2 Å². The van der Waals surface area contributed by atoms with Crippen LogP contribution in [0.1, 0.15) is 26.2 Å². The first kappa shape index (κ1) is 11.5. The van der Waals surface area contributed by atoms with Crippen molar-refractivity contribution < 1.29 is 0 Å². The second kappa shape index (κ2) is 4.98. The van der Waals surface area contributed by atoms with Crippen LogP contribution in [0.3, 0.4) is 0 Å². The van der Waals surface area contributed by atoms with Crippen molar-refractivity contribution in [1.29, 1.82) is 0 Å². The Morgan fingerprint density at radius 3 is 3.00 bits per heavy atom. The Bertz CT molecular complexity index is 540.